The van der Waals surface area contributed by atoms with Crippen molar-refractivity contribution in [3.05, 3.63) is 65.2 Å². The molecule has 2 aromatic carbocycles. The highest BCUT2D eigenvalue weighted by atomic mass is 35.5. The van der Waals surface area contributed by atoms with E-state index in [1.807, 2.05) is 18.2 Å². The molecule has 0 saturated carbocycles. The summed E-state index contributed by atoms with van der Waals surface area (Å²) in [6, 6.07) is 15.8. The Hall–Kier alpha value is -2.07. The van der Waals surface area contributed by atoms with Crippen LogP contribution in [0.4, 0.5) is 14.9 Å². The molecule has 1 unspecified atom stereocenters. The van der Waals surface area contributed by atoms with Crippen molar-refractivity contribution >= 4 is 23.4 Å². The van der Waals surface area contributed by atoms with Crippen molar-refractivity contribution in [1.82, 2.24) is 0 Å². The van der Waals surface area contributed by atoms with Crippen LogP contribution >= 0.6 is 11.6 Å². The van der Waals surface area contributed by atoms with Crippen molar-refractivity contribution in [2.24, 2.45) is 0 Å². The zero-order valence-electron chi connectivity index (χ0n) is 11.1. The zero-order chi connectivity index (χ0) is 14.9. The van der Waals surface area contributed by atoms with E-state index >= 15 is 0 Å². The number of nitrogens with zero attached hydrogens (tertiary/aromatic N) is 1. The summed E-state index contributed by atoms with van der Waals surface area (Å²) in [5.74, 6) is 0. The molecule has 3 rings (SSSR count). The van der Waals surface area contributed by atoms with Gasteiger partial charge < -0.3 is 4.74 Å². The predicted octanol–water partition coefficient (Wildman–Crippen LogP) is 4.16. The summed E-state index contributed by atoms with van der Waals surface area (Å²) in [6.07, 6.45) is -0.557. The molecular formula is C16H13ClFNO2. The summed E-state index contributed by atoms with van der Waals surface area (Å²) in [6.45, 7) is -0.685. The number of carbonyl (C=O) groups is 1. The lowest BCUT2D eigenvalue weighted by molar-refractivity contribution is 0.0323. The summed E-state index contributed by atoms with van der Waals surface area (Å²) >= 11 is 5.96. The SMILES string of the molecule is O=C1OC(CF)(c2cccc(Cl)c2)CN1c1ccccc1. The fourth-order valence-electron chi connectivity index (χ4n) is 2.45. The molecule has 1 fully saturated rings. The number of ether oxygens (including phenoxy) is 1. The standard InChI is InChI=1S/C16H13ClFNO2/c17-13-6-4-5-12(9-13)16(10-18)11-19(15(20)21-16)14-7-2-1-3-8-14/h1-9H,10-11H2. The van der Waals surface area contributed by atoms with E-state index in [1.165, 1.54) is 4.90 Å². The first-order valence-electron chi connectivity index (χ1n) is 6.52. The minimum Gasteiger partial charge on any atom is -0.433 e. The highest BCUT2D eigenvalue weighted by molar-refractivity contribution is 6.30. The molecule has 0 radical (unpaired) electrons. The minimum atomic E-state index is -1.31. The predicted molar refractivity (Wildman–Crippen MR) is 79.4 cm³/mol. The van der Waals surface area contributed by atoms with Crippen LogP contribution in [0.1, 0.15) is 5.56 Å². The van der Waals surface area contributed by atoms with Gasteiger partial charge in [0.15, 0.2) is 5.60 Å². The van der Waals surface area contributed by atoms with Gasteiger partial charge in [0.1, 0.15) is 6.67 Å². The van der Waals surface area contributed by atoms with E-state index in [0.29, 0.717) is 16.3 Å². The number of amides is 1. The van der Waals surface area contributed by atoms with E-state index in [0.717, 1.165) is 0 Å². The molecule has 1 heterocycles. The minimum absolute atomic E-state index is 0.118. The summed E-state index contributed by atoms with van der Waals surface area (Å²) in [5, 5.41) is 0.481. The fourth-order valence-corrected chi connectivity index (χ4v) is 2.64. The Morgan fingerprint density at radius 1 is 1.19 bits per heavy atom. The number of alkyl halides is 1. The van der Waals surface area contributed by atoms with Gasteiger partial charge in [-0.25, -0.2) is 9.18 Å². The third-order valence-electron chi connectivity index (χ3n) is 3.55. The molecule has 5 heteroatoms. The van der Waals surface area contributed by atoms with Crippen molar-refractivity contribution in [3.8, 4) is 0 Å². The molecule has 1 amide bonds. The third kappa shape index (κ3) is 2.47. The average Bonchev–Trinajstić information content (AvgIpc) is 2.86. The van der Waals surface area contributed by atoms with Gasteiger partial charge in [-0.15, -0.1) is 0 Å². The van der Waals surface area contributed by atoms with Crippen LogP contribution in [-0.2, 0) is 10.3 Å². The van der Waals surface area contributed by atoms with E-state index in [4.69, 9.17) is 16.3 Å². The van der Waals surface area contributed by atoms with Gasteiger partial charge in [-0.3, -0.25) is 4.90 Å². The number of carbonyl (C=O) groups excluding carboxylic acids is 1. The highest BCUT2D eigenvalue weighted by Crippen LogP contribution is 2.37. The van der Waals surface area contributed by atoms with E-state index < -0.39 is 18.4 Å². The van der Waals surface area contributed by atoms with E-state index in [1.54, 1.807) is 36.4 Å². The Morgan fingerprint density at radius 2 is 1.95 bits per heavy atom. The van der Waals surface area contributed by atoms with Crippen LogP contribution in [0.2, 0.25) is 5.02 Å². The van der Waals surface area contributed by atoms with E-state index in [9.17, 15) is 9.18 Å². The number of halogens is 2. The molecule has 108 valence electrons. The van der Waals surface area contributed by atoms with Gasteiger partial charge in [0, 0.05) is 16.3 Å². The smallest absolute Gasteiger partial charge is 0.415 e. The van der Waals surface area contributed by atoms with Gasteiger partial charge >= 0.3 is 6.09 Å². The highest BCUT2D eigenvalue weighted by Gasteiger charge is 2.47. The van der Waals surface area contributed by atoms with Crippen molar-refractivity contribution in [1.29, 1.82) is 0 Å². The van der Waals surface area contributed by atoms with Gasteiger partial charge in [-0.05, 0) is 24.3 Å². The average molecular weight is 306 g/mol. The van der Waals surface area contributed by atoms with Crippen LogP contribution in [0.5, 0.6) is 0 Å². The van der Waals surface area contributed by atoms with Gasteiger partial charge in [-0.1, -0.05) is 41.9 Å². The monoisotopic (exact) mass is 305 g/mol. The first-order chi connectivity index (χ1) is 10.1. The first kappa shape index (κ1) is 13.9. The van der Waals surface area contributed by atoms with Crippen molar-refractivity contribution < 1.29 is 13.9 Å². The lowest BCUT2D eigenvalue weighted by Gasteiger charge is -2.24. The number of benzene rings is 2. The summed E-state index contributed by atoms with van der Waals surface area (Å²) in [7, 11) is 0. The van der Waals surface area contributed by atoms with Crippen LogP contribution in [0, 0.1) is 0 Å². The molecule has 0 N–H and O–H groups in total. The molecule has 2 aromatic rings. The molecule has 0 spiro atoms. The fraction of sp³-hybridized carbons (Fsp3) is 0.188. The molecule has 1 atom stereocenters. The molecule has 3 nitrogen and oxygen atoms in total. The third-order valence-corrected chi connectivity index (χ3v) is 3.79. The van der Waals surface area contributed by atoms with Crippen LogP contribution in [-0.4, -0.2) is 19.3 Å². The molecule has 0 bridgehead atoms. The zero-order valence-corrected chi connectivity index (χ0v) is 11.9. The molecule has 1 aliphatic rings. The van der Waals surface area contributed by atoms with Crippen molar-refractivity contribution in [2.75, 3.05) is 18.1 Å². The number of rotatable bonds is 3. The number of hydrogen-bond donors (Lipinski definition) is 0. The quantitative estimate of drug-likeness (QED) is 0.852. The maximum absolute atomic E-state index is 13.7. The van der Waals surface area contributed by atoms with E-state index in [-0.39, 0.29) is 6.54 Å². The molecular weight excluding hydrogens is 293 g/mol. The molecule has 0 aliphatic carbocycles. The molecule has 1 aliphatic heterocycles. The Morgan fingerprint density at radius 3 is 2.62 bits per heavy atom. The first-order valence-corrected chi connectivity index (χ1v) is 6.90. The van der Waals surface area contributed by atoms with Crippen molar-refractivity contribution in [2.45, 2.75) is 5.60 Å². The molecule has 0 aromatic heterocycles. The number of hydrogen-bond acceptors (Lipinski definition) is 2. The van der Waals surface area contributed by atoms with Gasteiger partial charge in [0.2, 0.25) is 0 Å². The van der Waals surface area contributed by atoms with Crippen LogP contribution < -0.4 is 4.90 Å². The molecule has 1 saturated heterocycles. The lowest BCUT2D eigenvalue weighted by Crippen LogP contribution is -2.34. The van der Waals surface area contributed by atoms with Crippen LogP contribution in [0.3, 0.4) is 0 Å². The number of anilines is 1. The summed E-state index contributed by atoms with van der Waals surface area (Å²) in [4.78, 5) is 13.5. The van der Waals surface area contributed by atoms with Gasteiger partial charge in [0.05, 0.1) is 6.54 Å². The summed E-state index contributed by atoms with van der Waals surface area (Å²) in [5.41, 5.74) is -0.0678. The number of cyclic esters (lactones) is 1. The maximum atomic E-state index is 13.7. The Kier molecular flexibility index (Phi) is 3.55. The van der Waals surface area contributed by atoms with Gasteiger partial charge in [0.25, 0.3) is 0 Å². The van der Waals surface area contributed by atoms with Crippen LogP contribution in [0.25, 0.3) is 0 Å². The molecule has 21 heavy (non-hydrogen) atoms. The van der Waals surface area contributed by atoms with E-state index in [2.05, 4.69) is 0 Å². The second-order valence-corrected chi connectivity index (χ2v) is 5.36. The second-order valence-electron chi connectivity index (χ2n) is 4.93. The summed E-state index contributed by atoms with van der Waals surface area (Å²) < 4.78 is 19.0. The Bertz CT molecular complexity index is 664. The topological polar surface area (TPSA) is 29.5 Å². The van der Waals surface area contributed by atoms with Crippen LogP contribution in [0.15, 0.2) is 54.6 Å². The second kappa shape index (κ2) is 5.37. The number of para-hydroxylation sites is 1. The van der Waals surface area contributed by atoms with Crippen molar-refractivity contribution in [3.63, 3.8) is 0 Å². The van der Waals surface area contributed by atoms with Gasteiger partial charge in [-0.2, -0.15) is 0 Å². The normalized spacial score (nSPS) is 21.4. The maximum Gasteiger partial charge on any atom is 0.415 e. The Labute approximate surface area is 126 Å². The lowest BCUT2D eigenvalue weighted by atomic mass is 9.95. The Balaban J connectivity index is 1.97. The largest absolute Gasteiger partial charge is 0.433 e.